The Morgan fingerprint density at radius 1 is 1.32 bits per heavy atom. The van der Waals surface area contributed by atoms with Gasteiger partial charge in [0.2, 0.25) is 0 Å². The summed E-state index contributed by atoms with van der Waals surface area (Å²) in [4.78, 5) is 22.2. The number of hydrogen-bond acceptors (Lipinski definition) is 4. The third kappa shape index (κ3) is 4.24. The normalized spacial score (nSPS) is 11.0. The van der Waals surface area contributed by atoms with Crippen LogP contribution in [0.5, 0.6) is 0 Å². The van der Waals surface area contributed by atoms with E-state index in [0.29, 0.717) is 5.56 Å². The van der Waals surface area contributed by atoms with E-state index in [0.717, 1.165) is 5.56 Å². The Labute approximate surface area is 111 Å². The molecule has 0 heterocycles. The van der Waals surface area contributed by atoms with Crippen molar-refractivity contribution in [2.75, 3.05) is 5.32 Å². The monoisotopic (exact) mass is 266 g/mol. The Bertz CT molecular complexity index is 518. The minimum absolute atomic E-state index is 0.136. The first-order valence-corrected chi connectivity index (χ1v) is 5.86. The fourth-order valence-electron chi connectivity index (χ4n) is 1.66. The van der Waals surface area contributed by atoms with Gasteiger partial charge < -0.3 is 4.74 Å². The molecule has 1 aromatic rings. The predicted molar refractivity (Wildman–Crippen MR) is 72.4 cm³/mol. The molecule has 0 bridgehead atoms. The highest BCUT2D eigenvalue weighted by Crippen LogP contribution is 2.30. The summed E-state index contributed by atoms with van der Waals surface area (Å²) in [5.74, 6) is 0. The van der Waals surface area contributed by atoms with E-state index in [4.69, 9.17) is 4.74 Å². The van der Waals surface area contributed by atoms with Gasteiger partial charge in [-0.15, -0.1) is 0 Å². The molecule has 104 valence electrons. The van der Waals surface area contributed by atoms with Crippen LogP contribution in [-0.4, -0.2) is 16.6 Å². The Morgan fingerprint density at radius 2 is 1.89 bits per heavy atom. The number of nitrogens with zero attached hydrogens (tertiary/aromatic N) is 1. The van der Waals surface area contributed by atoms with Crippen molar-refractivity contribution >= 4 is 17.5 Å². The fraction of sp³-hybridized carbons (Fsp3) is 0.462. The number of carbonyl (C=O) groups is 1. The number of ether oxygens (including phenoxy) is 1. The molecular weight excluding hydrogens is 248 g/mol. The van der Waals surface area contributed by atoms with Crippen molar-refractivity contribution < 1.29 is 14.5 Å². The lowest BCUT2D eigenvalue weighted by Crippen LogP contribution is -2.27. The molecule has 1 aromatic carbocycles. The minimum atomic E-state index is -0.706. The van der Waals surface area contributed by atoms with Gasteiger partial charge in [-0.25, -0.2) is 4.79 Å². The molecule has 0 radical (unpaired) electrons. The number of anilines is 1. The molecule has 0 aliphatic rings. The predicted octanol–water partition coefficient (Wildman–Crippen LogP) is 3.56. The lowest BCUT2D eigenvalue weighted by atomic mass is 10.1. The number of amides is 1. The molecule has 0 saturated carbocycles. The molecular formula is C13H18N2O4. The van der Waals surface area contributed by atoms with E-state index in [-0.39, 0.29) is 11.4 Å². The Hall–Kier alpha value is -2.11. The van der Waals surface area contributed by atoms with Gasteiger partial charge in [0.1, 0.15) is 11.3 Å². The number of hydrogen-bond donors (Lipinski definition) is 1. The summed E-state index contributed by atoms with van der Waals surface area (Å²) in [5, 5.41) is 13.4. The zero-order chi connectivity index (χ0) is 14.8. The first-order chi connectivity index (χ1) is 8.60. The van der Waals surface area contributed by atoms with E-state index in [1.807, 2.05) is 0 Å². The van der Waals surface area contributed by atoms with Gasteiger partial charge in [0.25, 0.3) is 5.69 Å². The van der Waals surface area contributed by atoms with E-state index in [1.165, 1.54) is 6.07 Å². The second-order valence-electron chi connectivity index (χ2n) is 5.36. The van der Waals surface area contributed by atoms with Crippen LogP contribution in [0, 0.1) is 24.0 Å². The fourth-order valence-corrected chi connectivity index (χ4v) is 1.66. The summed E-state index contributed by atoms with van der Waals surface area (Å²) in [5.41, 5.74) is 0.766. The maximum absolute atomic E-state index is 11.7. The number of nitro benzene ring substituents is 1. The average molecular weight is 266 g/mol. The summed E-state index contributed by atoms with van der Waals surface area (Å²) >= 11 is 0. The van der Waals surface area contributed by atoms with Crippen molar-refractivity contribution in [2.45, 2.75) is 40.2 Å². The first-order valence-electron chi connectivity index (χ1n) is 5.86. The molecule has 6 heteroatoms. The van der Waals surface area contributed by atoms with E-state index >= 15 is 0 Å². The molecule has 0 spiro atoms. The Balaban J connectivity index is 3.07. The highest BCUT2D eigenvalue weighted by atomic mass is 16.6. The zero-order valence-electron chi connectivity index (χ0n) is 11.7. The van der Waals surface area contributed by atoms with Gasteiger partial charge in [0, 0.05) is 6.07 Å². The molecule has 1 N–H and O–H groups in total. The van der Waals surface area contributed by atoms with Crippen molar-refractivity contribution in [1.29, 1.82) is 0 Å². The second-order valence-corrected chi connectivity index (χ2v) is 5.36. The van der Waals surface area contributed by atoms with Crippen LogP contribution in [0.15, 0.2) is 12.1 Å². The number of nitro groups is 1. The summed E-state index contributed by atoms with van der Waals surface area (Å²) in [6.45, 7) is 8.64. The first kappa shape index (κ1) is 14.9. The van der Waals surface area contributed by atoms with Crippen LogP contribution < -0.4 is 5.32 Å². The maximum Gasteiger partial charge on any atom is 0.412 e. The highest BCUT2D eigenvalue weighted by Gasteiger charge is 2.22. The van der Waals surface area contributed by atoms with Gasteiger partial charge in [-0.3, -0.25) is 15.4 Å². The number of rotatable bonds is 2. The van der Waals surface area contributed by atoms with E-state index in [2.05, 4.69) is 5.32 Å². The van der Waals surface area contributed by atoms with E-state index in [9.17, 15) is 14.9 Å². The number of carbonyl (C=O) groups excluding carboxylic acids is 1. The number of nitrogens with one attached hydrogen (secondary N) is 1. The smallest absolute Gasteiger partial charge is 0.412 e. The minimum Gasteiger partial charge on any atom is -0.444 e. The Morgan fingerprint density at radius 3 is 2.37 bits per heavy atom. The quantitative estimate of drug-likeness (QED) is 0.655. The molecule has 0 aliphatic heterocycles. The van der Waals surface area contributed by atoms with Gasteiger partial charge in [-0.05, 0) is 45.7 Å². The molecule has 0 fully saturated rings. The molecule has 0 atom stereocenters. The molecule has 0 unspecified atom stereocenters. The van der Waals surface area contributed by atoms with Crippen molar-refractivity contribution in [2.24, 2.45) is 0 Å². The summed E-state index contributed by atoms with van der Waals surface area (Å²) in [7, 11) is 0. The maximum atomic E-state index is 11.7. The lowest BCUT2D eigenvalue weighted by molar-refractivity contribution is -0.384. The van der Waals surface area contributed by atoms with Crippen molar-refractivity contribution in [1.82, 2.24) is 0 Å². The molecule has 1 rings (SSSR count). The molecule has 0 saturated heterocycles. The lowest BCUT2D eigenvalue weighted by Gasteiger charge is -2.20. The van der Waals surface area contributed by atoms with E-state index in [1.54, 1.807) is 40.7 Å². The van der Waals surface area contributed by atoms with Crippen LogP contribution in [0.1, 0.15) is 31.9 Å². The van der Waals surface area contributed by atoms with Crippen LogP contribution in [0.2, 0.25) is 0 Å². The van der Waals surface area contributed by atoms with Gasteiger partial charge >= 0.3 is 6.09 Å². The van der Waals surface area contributed by atoms with Crippen molar-refractivity contribution in [3.8, 4) is 0 Å². The SMILES string of the molecule is Cc1cc(C)c(NC(=O)OC(C)(C)C)c([N+](=O)[O-])c1. The molecule has 1 amide bonds. The molecule has 0 aliphatic carbocycles. The zero-order valence-corrected chi connectivity index (χ0v) is 11.7. The van der Waals surface area contributed by atoms with Gasteiger partial charge in [0.15, 0.2) is 0 Å². The van der Waals surface area contributed by atoms with Crippen molar-refractivity contribution in [3.05, 3.63) is 33.4 Å². The average Bonchev–Trinajstić information content (AvgIpc) is 2.18. The van der Waals surface area contributed by atoms with Crippen LogP contribution in [0.25, 0.3) is 0 Å². The summed E-state index contributed by atoms with van der Waals surface area (Å²) in [6.07, 6.45) is -0.706. The molecule has 19 heavy (non-hydrogen) atoms. The molecule has 6 nitrogen and oxygen atoms in total. The van der Waals surface area contributed by atoms with Gasteiger partial charge in [-0.1, -0.05) is 6.07 Å². The van der Waals surface area contributed by atoms with Crippen LogP contribution >= 0.6 is 0 Å². The standard InChI is InChI=1S/C13H18N2O4/c1-8-6-9(2)11(10(7-8)15(17)18)14-12(16)19-13(3,4)5/h6-7H,1-5H3,(H,14,16). The summed E-state index contributed by atoms with van der Waals surface area (Å²) < 4.78 is 5.09. The number of benzene rings is 1. The van der Waals surface area contributed by atoms with Crippen LogP contribution in [-0.2, 0) is 4.74 Å². The largest absolute Gasteiger partial charge is 0.444 e. The van der Waals surface area contributed by atoms with Crippen molar-refractivity contribution in [3.63, 3.8) is 0 Å². The topological polar surface area (TPSA) is 81.5 Å². The number of aryl methyl sites for hydroxylation is 2. The summed E-state index contributed by atoms with van der Waals surface area (Å²) in [6, 6.07) is 3.18. The highest BCUT2D eigenvalue weighted by molar-refractivity contribution is 5.89. The van der Waals surface area contributed by atoms with Crippen LogP contribution in [0.4, 0.5) is 16.2 Å². The molecule has 0 aromatic heterocycles. The third-order valence-corrected chi connectivity index (χ3v) is 2.28. The van der Waals surface area contributed by atoms with Gasteiger partial charge in [0.05, 0.1) is 4.92 Å². The van der Waals surface area contributed by atoms with Crippen LogP contribution in [0.3, 0.4) is 0 Å². The second kappa shape index (κ2) is 5.26. The Kier molecular flexibility index (Phi) is 4.14. The van der Waals surface area contributed by atoms with E-state index < -0.39 is 16.6 Å². The third-order valence-electron chi connectivity index (χ3n) is 2.28. The van der Waals surface area contributed by atoms with Gasteiger partial charge in [-0.2, -0.15) is 0 Å².